The van der Waals surface area contributed by atoms with E-state index >= 15 is 0 Å². The molecule has 1 N–H and O–H groups in total. The Bertz CT molecular complexity index is 1340. The van der Waals surface area contributed by atoms with Crippen LogP contribution in [0.2, 0.25) is 0 Å². The zero-order valence-electron chi connectivity index (χ0n) is 16.8. The van der Waals surface area contributed by atoms with Crippen molar-refractivity contribution in [1.82, 2.24) is 14.5 Å². The molecule has 2 aromatic carbocycles. The normalized spacial score (nSPS) is 17.2. The zero-order chi connectivity index (χ0) is 20.7. The van der Waals surface area contributed by atoms with Crippen LogP contribution < -0.4 is 16.0 Å². The van der Waals surface area contributed by atoms with Crippen LogP contribution in [0.3, 0.4) is 0 Å². The topological polar surface area (TPSA) is 67.3 Å². The van der Waals surface area contributed by atoms with E-state index in [1.54, 1.807) is 7.11 Å². The van der Waals surface area contributed by atoms with Crippen LogP contribution in [0.25, 0.3) is 20.3 Å². The summed E-state index contributed by atoms with van der Waals surface area (Å²) in [5.41, 5.74) is 1.34. The predicted molar refractivity (Wildman–Crippen MR) is 121 cm³/mol. The Morgan fingerprint density at radius 3 is 2.77 bits per heavy atom. The van der Waals surface area contributed by atoms with Gasteiger partial charge in [0.2, 0.25) is 0 Å². The Kier molecular flexibility index (Phi) is 4.92. The summed E-state index contributed by atoms with van der Waals surface area (Å²) in [6.07, 6.45) is 1.04. The molecule has 1 aliphatic heterocycles. The van der Waals surface area contributed by atoms with Crippen molar-refractivity contribution in [3.05, 3.63) is 74.9 Å². The van der Waals surface area contributed by atoms with Gasteiger partial charge >= 0.3 is 5.69 Å². The predicted octanol–water partition coefficient (Wildman–Crippen LogP) is 3.40. The number of ether oxygens (including phenoxy) is 1. The molecule has 4 aromatic rings. The smallest absolute Gasteiger partial charge is 0.328 e. The second-order valence-electron chi connectivity index (χ2n) is 7.72. The summed E-state index contributed by atoms with van der Waals surface area (Å²) in [6, 6.07) is 15.9. The Balaban J connectivity index is 1.36. The number of aromatic amines is 1. The number of fused-ring (bicyclic) bond motifs is 3. The van der Waals surface area contributed by atoms with Crippen molar-refractivity contribution >= 4 is 31.6 Å². The molecule has 0 saturated carbocycles. The number of likely N-dealkylation sites (tertiary alicyclic amines) is 1. The van der Waals surface area contributed by atoms with Crippen molar-refractivity contribution in [2.24, 2.45) is 0 Å². The highest BCUT2D eigenvalue weighted by Crippen LogP contribution is 2.33. The summed E-state index contributed by atoms with van der Waals surface area (Å²) in [5.74, 6) is 1.33. The van der Waals surface area contributed by atoms with Crippen molar-refractivity contribution < 1.29 is 4.74 Å². The standard InChI is InChI=1S/C23H23N3O3S/c1-29-18-8-4-2-6-16(18)15-10-11-25(14-15)12-13-26-22(27)21-20(24-23(26)28)17-7-3-5-9-19(17)30-21/h2-9,15H,10-14H2,1H3,(H,24,28). The fourth-order valence-electron chi connectivity index (χ4n) is 4.45. The Morgan fingerprint density at radius 1 is 1.10 bits per heavy atom. The molecule has 1 aliphatic rings. The third-order valence-corrected chi connectivity index (χ3v) is 7.16. The van der Waals surface area contributed by atoms with Gasteiger partial charge < -0.3 is 14.6 Å². The maximum absolute atomic E-state index is 13.0. The van der Waals surface area contributed by atoms with Gasteiger partial charge in [0.05, 0.1) is 12.6 Å². The number of thiophene rings is 1. The number of aromatic nitrogens is 2. The number of benzene rings is 2. The number of methoxy groups -OCH3 is 1. The van der Waals surface area contributed by atoms with Gasteiger partial charge in [-0.3, -0.25) is 9.36 Å². The molecule has 0 amide bonds. The highest BCUT2D eigenvalue weighted by Gasteiger charge is 2.26. The number of hydrogen-bond donors (Lipinski definition) is 1. The van der Waals surface area contributed by atoms with E-state index in [2.05, 4.69) is 16.0 Å². The second-order valence-corrected chi connectivity index (χ2v) is 8.77. The van der Waals surface area contributed by atoms with Crippen molar-refractivity contribution in [3.8, 4) is 5.75 Å². The lowest BCUT2D eigenvalue weighted by Crippen LogP contribution is -2.38. The minimum atomic E-state index is -0.337. The zero-order valence-corrected chi connectivity index (χ0v) is 17.6. The molecule has 0 spiro atoms. The van der Waals surface area contributed by atoms with Crippen molar-refractivity contribution in [2.75, 3.05) is 26.7 Å². The van der Waals surface area contributed by atoms with Crippen LogP contribution in [-0.2, 0) is 6.54 Å². The van der Waals surface area contributed by atoms with Crippen LogP contribution in [-0.4, -0.2) is 41.2 Å². The summed E-state index contributed by atoms with van der Waals surface area (Å²) in [5, 5.41) is 0.929. The fourth-order valence-corrected chi connectivity index (χ4v) is 5.55. The lowest BCUT2D eigenvalue weighted by molar-refractivity contribution is 0.313. The molecular formula is C23H23N3O3S. The molecule has 0 radical (unpaired) electrons. The monoisotopic (exact) mass is 421 g/mol. The van der Waals surface area contributed by atoms with Gasteiger partial charge in [-0.15, -0.1) is 11.3 Å². The Morgan fingerprint density at radius 2 is 1.90 bits per heavy atom. The number of H-pyrrole nitrogens is 1. The summed E-state index contributed by atoms with van der Waals surface area (Å²) in [7, 11) is 1.70. The van der Waals surface area contributed by atoms with Crippen LogP contribution in [0.5, 0.6) is 5.75 Å². The molecular weight excluding hydrogens is 398 g/mol. The minimum Gasteiger partial charge on any atom is -0.496 e. The molecule has 30 heavy (non-hydrogen) atoms. The third-order valence-electron chi connectivity index (χ3n) is 6.00. The first-order valence-corrected chi connectivity index (χ1v) is 11.0. The third kappa shape index (κ3) is 3.24. The maximum Gasteiger partial charge on any atom is 0.328 e. The first-order chi connectivity index (χ1) is 14.7. The van der Waals surface area contributed by atoms with Crippen molar-refractivity contribution in [2.45, 2.75) is 18.9 Å². The molecule has 1 atom stereocenters. The highest BCUT2D eigenvalue weighted by atomic mass is 32.1. The average Bonchev–Trinajstić information content (AvgIpc) is 3.39. The van der Waals surface area contributed by atoms with Crippen LogP contribution in [0.1, 0.15) is 17.9 Å². The van der Waals surface area contributed by atoms with E-state index in [1.807, 2.05) is 42.5 Å². The fraction of sp³-hybridized carbons (Fsp3) is 0.304. The Hall–Kier alpha value is -2.90. The van der Waals surface area contributed by atoms with Crippen LogP contribution >= 0.6 is 11.3 Å². The molecule has 6 nitrogen and oxygen atoms in total. The van der Waals surface area contributed by atoms with E-state index in [0.717, 1.165) is 35.3 Å². The molecule has 0 bridgehead atoms. The van der Waals surface area contributed by atoms with Gasteiger partial charge in [-0.1, -0.05) is 36.4 Å². The van der Waals surface area contributed by atoms with E-state index < -0.39 is 0 Å². The number of rotatable bonds is 5. The van der Waals surface area contributed by atoms with E-state index in [4.69, 9.17) is 4.74 Å². The summed E-state index contributed by atoms with van der Waals surface area (Å²) in [6.45, 7) is 2.90. The number of para-hydroxylation sites is 1. The van der Waals surface area contributed by atoms with Crippen LogP contribution in [0, 0.1) is 0 Å². The van der Waals surface area contributed by atoms with E-state index in [-0.39, 0.29) is 11.2 Å². The van der Waals surface area contributed by atoms with Crippen molar-refractivity contribution in [1.29, 1.82) is 0 Å². The van der Waals surface area contributed by atoms with Gasteiger partial charge in [0.1, 0.15) is 10.4 Å². The quantitative estimate of drug-likeness (QED) is 0.536. The number of nitrogens with one attached hydrogen (secondary N) is 1. The van der Waals surface area contributed by atoms with Crippen molar-refractivity contribution in [3.63, 3.8) is 0 Å². The molecule has 3 heterocycles. The Labute approximate surface area is 177 Å². The number of hydrogen-bond acceptors (Lipinski definition) is 5. The molecule has 5 rings (SSSR count). The first-order valence-electron chi connectivity index (χ1n) is 10.2. The van der Waals surface area contributed by atoms with Gasteiger partial charge in [-0.25, -0.2) is 4.79 Å². The molecule has 0 aliphatic carbocycles. The molecule has 1 unspecified atom stereocenters. The first kappa shape index (κ1) is 19.1. The lowest BCUT2D eigenvalue weighted by atomic mass is 9.97. The molecule has 154 valence electrons. The van der Waals surface area contributed by atoms with E-state index in [9.17, 15) is 9.59 Å². The largest absolute Gasteiger partial charge is 0.496 e. The van der Waals surface area contributed by atoms with Crippen LogP contribution in [0.15, 0.2) is 58.1 Å². The van der Waals surface area contributed by atoms with Gasteiger partial charge in [0.15, 0.2) is 0 Å². The molecule has 1 fully saturated rings. The van der Waals surface area contributed by atoms with E-state index in [1.165, 1.54) is 21.5 Å². The SMILES string of the molecule is COc1ccccc1C1CCN(CCn2c(=O)[nH]c3c(sc4ccccc43)c2=O)C1. The average molecular weight is 422 g/mol. The lowest BCUT2D eigenvalue weighted by Gasteiger charge is -2.17. The molecule has 1 saturated heterocycles. The summed E-state index contributed by atoms with van der Waals surface area (Å²) in [4.78, 5) is 30.9. The summed E-state index contributed by atoms with van der Waals surface area (Å²) >= 11 is 1.44. The van der Waals surface area contributed by atoms with Gasteiger partial charge in [-0.05, 0) is 30.7 Å². The summed E-state index contributed by atoms with van der Waals surface area (Å²) < 4.78 is 8.48. The van der Waals surface area contributed by atoms with Gasteiger partial charge in [-0.2, -0.15) is 0 Å². The molecule has 2 aromatic heterocycles. The minimum absolute atomic E-state index is 0.199. The van der Waals surface area contributed by atoms with Gasteiger partial charge in [0, 0.05) is 35.6 Å². The van der Waals surface area contributed by atoms with E-state index in [0.29, 0.717) is 29.2 Å². The maximum atomic E-state index is 13.0. The second kappa shape index (κ2) is 7.74. The molecule has 7 heteroatoms. The number of nitrogens with zero attached hydrogens (tertiary/aromatic N) is 2. The van der Waals surface area contributed by atoms with Gasteiger partial charge in [0.25, 0.3) is 5.56 Å². The van der Waals surface area contributed by atoms with Crippen LogP contribution in [0.4, 0.5) is 0 Å². The highest BCUT2D eigenvalue weighted by molar-refractivity contribution is 7.25.